The van der Waals surface area contributed by atoms with E-state index in [1.165, 1.54) is 7.05 Å². The van der Waals surface area contributed by atoms with Crippen molar-refractivity contribution in [3.63, 3.8) is 0 Å². The van der Waals surface area contributed by atoms with Gasteiger partial charge in [-0.3, -0.25) is 0 Å². The van der Waals surface area contributed by atoms with Crippen LogP contribution >= 0.6 is 11.8 Å². The Hall–Kier alpha value is 0.260. The van der Waals surface area contributed by atoms with Crippen molar-refractivity contribution < 1.29 is 8.42 Å². The summed E-state index contributed by atoms with van der Waals surface area (Å²) in [4.78, 5) is 0. The highest BCUT2D eigenvalue weighted by atomic mass is 32.2. The summed E-state index contributed by atoms with van der Waals surface area (Å²) in [5.41, 5.74) is 0. The lowest BCUT2D eigenvalue weighted by Crippen LogP contribution is -2.23. The first kappa shape index (κ1) is 11.3. The molecule has 0 saturated heterocycles. The zero-order chi connectivity index (χ0) is 8.91. The van der Waals surface area contributed by atoms with Gasteiger partial charge in [-0.25, -0.2) is 13.1 Å². The molecular formula is C6H15NO2S2. The third-order valence-corrected chi connectivity index (χ3v) is 3.84. The fraction of sp³-hybridized carbons (Fsp3) is 1.00. The summed E-state index contributed by atoms with van der Waals surface area (Å²) in [6, 6.07) is 0. The van der Waals surface area contributed by atoms with E-state index in [4.69, 9.17) is 0 Å². The van der Waals surface area contributed by atoms with Gasteiger partial charge in [-0.05, 0) is 12.3 Å². The van der Waals surface area contributed by atoms with Crippen LogP contribution in [0.5, 0.6) is 0 Å². The zero-order valence-corrected chi connectivity index (χ0v) is 8.76. The van der Waals surface area contributed by atoms with Gasteiger partial charge >= 0.3 is 0 Å². The van der Waals surface area contributed by atoms with Crippen molar-refractivity contribution in [1.29, 1.82) is 0 Å². The molecule has 0 aromatic rings. The maximum absolute atomic E-state index is 10.9. The first-order chi connectivity index (χ1) is 4.98. The van der Waals surface area contributed by atoms with Gasteiger partial charge in [0.1, 0.15) is 0 Å². The lowest BCUT2D eigenvalue weighted by atomic mass is 10.6. The van der Waals surface area contributed by atoms with Crippen LogP contribution in [0, 0.1) is 0 Å². The number of sulfonamides is 1. The van der Waals surface area contributed by atoms with Crippen molar-refractivity contribution in [3.05, 3.63) is 0 Å². The molecule has 0 heterocycles. The molecule has 0 atom stereocenters. The second-order valence-corrected chi connectivity index (χ2v) is 6.17. The number of thioether (sulfide) groups is 1. The van der Waals surface area contributed by atoms with Crippen LogP contribution < -0.4 is 4.72 Å². The van der Waals surface area contributed by atoms with E-state index in [2.05, 4.69) is 18.6 Å². The zero-order valence-electron chi connectivity index (χ0n) is 7.12. The third-order valence-electron chi connectivity index (χ3n) is 1.11. The molecule has 0 radical (unpaired) electrons. The van der Waals surface area contributed by atoms with Gasteiger partial charge in [-0.1, -0.05) is 13.8 Å². The predicted octanol–water partition coefficient (Wildman–Crippen LogP) is 0.677. The molecule has 0 aliphatic rings. The highest BCUT2D eigenvalue weighted by Gasteiger charge is 2.06. The fourth-order valence-electron chi connectivity index (χ4n) is 0.496. The van der Waals surface area contributed by atoms with Crippen LogP contribution in [0.15, 0.2) is 0 Å². The summed E-state index contributed by atoms with van der Waals surface area (Å²) in [5, 5.41) is 0.502. The van der Waals surface area contributed by atoms with Crippen molar-refractivity contribution >= 4 is 21.8 Å². The smallest absolute Gasteiger partial charge is 0.212 e. The Morgan fingerprint density at radius 1 is 1.45 bits per heavy atom. The molecule has 0 rings (SSSR count). The van der Waals surface area contributed by atoms with E-state index in [1.807, 2.05) is 0 Å². The lowest BCUT2D eigenvalue weighted by molar-refractivity contribution is 0.590. The Bertz CT molecular complexity index is 187. The molecule has 3 nitrogen and oxygen atoms in total. The van der Waals surface area contributed by atoms with Crippen LogP contribution in [0.25, 0.3) is 0 Å². The molecule has 0 aromatic heterocycles. The monoisotopic (exact) mass is 197 g/mol. The van der Waals surface area contributed by atoms with Crippen molar-refractivity contribution in [2.75, 3.05) is 18.6 Å². The topological polar surface area (TPSA) is 46.2 Å². The molecule has 0 fully saturated rings. The Morgan fingerprint density at radius 3 is 2.36 bits per heavy atom. The van der Waals surface area contributed by atoms with Crippen LogP contribution in [0.4, 0.5) is 0 Å². The van der Waals surface area contributed by atoms with Gasteiger partial charge in [0.2, 0.25) is 10.0 Å². The standard InChI is InChI=1S/C6H15NO2S2/c1-6(2)10-4-5-11(8,9)7-3/h6-7H,4-5H2,1-3H3. The SMILES string of the molecule is CNS(=O)(=O)CCSC(C)C. The molecule has 0 aliphatic heterocycles. The highest BCUT2D eigenvalue weighted by molar-refractivity contribution is 8.01. The molecule has 0 amide bonds. The van der Waals surface area contributed by atoms with Crippen LogP contribution in [0.2, 0.25) is 0 Å². The molecule has 0 aromatic carbocycles. The lowest BCUT2D eigenvalue weighted by Gasteiger charge is -2.04. The molecule has 0 bridgehead atoms. The molecule has 0 saturated carbocycles. The number of hydrogen-bond donors (Lipinski definition) is 1. The molecular weight excluding hydrogens is 182 g/mol. The average molecular weight is 197 g/mol. The van der Waals surface area contributed by atoms with E-state index in [0.29, 0.717) is 11.0 Å². The summed E-state index contributed by atoms with van der Waals surface area (Å²) in [6.07, 6.45) is 0. The Balaban J connectivity index is 3.55. The molecule has 1 N–H and O–H groups in total. The molecule has 11 heavy (non-hydrogen) atoms. The van der Waals surface area contributed by atoms with Gasteiger partial charge in [0, 0.05) is 5.75 Å². The van der Waals surface area contributed by atoms with Crippen molar-refractivity contribution in [2.24, 2.45) is 0 Å². The first-order valence-corrected chi connectivity index (χ1v) is 6.21. The summed E-state index contributed by atoms with van der Waals surface area (Å²) >= 11 is 1.65. The van der Waals surface area contributed by atoms with Crippen LogP contribution in [-0.4, -0.2) is 32.2 Å². The van der Waals surface area contributed by atoms with Crippen molar-refractivity contribution in [2.45, 2.75) is 19.1 Å². The Kier molecular flexibility index (Phi) is 5.12. The minimum Gasteiger partial charge on any atom is -0.218 e. The van der Waals surface area contributed by atoms with E-state index in [-0.39, 0.29) is 5.75 Å². The third kappa shape index (κ3) is 6.65. The van der Waals surface area contributed by atoms with Gasteiger partial charge in [0.15, 0.2) is 0 Å². The van der Waals surface area contributed by atoms with E-state index in [0.717, 1.165) is 0 Å². The van der Waals surface area contributed by atoms with Gasteiger partial charge in [-0.15, -0.1) is 0 Å². The highest BCUT2D eigenvalue weighted by Crippen LogP contribution is 2.08. The Labute approximate surface area is 73.0 Å². The summed E-state index contributed by atoms with van der Waals surface area (Å²) in [6.45, 7) is 4.10. The van der Waals surface area contributed by atoms with Crippen LogP contribution in [-0.2, 0) is 10.0 Å². The van der Waals surface area contributed by atoms with E-state index < -0.39 is 10.0 Å². The van der Waals surface area contributed by atoms with Gasteiger partial charge in [-0.2, -0.15) is 11.8 Å². The Morgan fingerprint density at radius 2 is 2.00 bits per heavy atom. The number of nitrogens with one attached hydrogen (secondary N) is 1. The largest absolute Gasteiger partial charge is 0.218 e. The molecule has 68 valence electrons. The van der Waals surface area contributed by atoms with Gasteiger partial charge in [0.25, 0.3) is 0 Å². The molecule has 0 aliphatic carbocycles. The average Bonchev–Trinajstić information content (AvgIpc) is 1.87. The molecule has 0 spiro atoms. The number of rotatable bonds is 5. The summed E-state index contributed by atoms with van der Waals surface area (Å²) in [7, 11) is -1.55. The second kappa shape index (κ2) is 5.00. The van der Waals surface area contributed by atoms with Gasteiger partial charge in [0.05, 0.1) is 5.75 Å². The van der Waals surface area contributed by atoms with E-state index >= 15 is 0 Å². The molecule has 0 unspecified atom stereocenters. The predicted molar refractivity (Wildman–Crippen MR) is 50.4 cm³/mol. The second-order valence-electron chi connectivity index (χ2n) is 2.44. The van der Waals surface area contributed by atoms with Crippen LogP contribution in [0.1, 0.15) is 13.8 Å². The minimum atomic E-state index is -2.99. The maximum Gasteiger partial charge on any atom is 0.212 e. The quantitative estimate of drug-likeness (QED) is 0.705. The van der Waals surface area contributed by atoms with Crippen molar-refractivity contribution in [1.82, 2.24) is 4.72 Å². The van der Waals surface area contributed by atoms with Gasteiger partial charge < -0.3 is 0 Å². The fourth-order valence-corrected chi connectivity index (χ4v) is 2.43. The normalized spacial score (nSPS) is 12.4. The summed E-state index contributed by atoms with van der Waals surface area (Å²) < 4.78 is 24.0. The van der Waals surface area contributed by atoms with E-state index in [9.17, 15) is 8.42 Å². The minimum absolute atomic E-state index is 0.215. The van der Waals surface area contributed by atoms with Crippen LogP contribution in [0.3, 0.4) is 0 Å². The number of hydrogen-bond acceptors (Lipinski definition) is 3. The summed E-state index contributed by atoms with van der Waals surface area (Å²) in [5.74, 6) is 0.882. The first-order valence-electron chi connectivity index (χ1n) is 3.51. The maximum atomic E-state index is 10.9. The molecule has 5 heteroatoms. The van der Waals surface area contributed by atoms with Crippen molar-refractivity contribution in [3.8, 4) is 0 Å². The van der Waals surface area contributed by atoms with E-state index in [1.54, 1.807) is 11.8 Å².